The Morgan fingerprint density at radius 2 is 1.80 bits per heavy atom. The molecule has 6 rings (SSSR count). The zero-order chi connectivity index (χ0) is 32.0. The number of amides is 1. The van der Waals surface area contributed by atoms with Crippen LogP contribution < -0.4 is 15.6 Å². The van der Waals surface area contributed by atoms with Gasteiger partial charge in [-0.1, -0.05) is 17.7 Å². The van der Waals surface area contributed by atoms with Crippen LogP contribution in [0.4, 0.5) is 5.69 Å². The van der Waals surface area contributed by atoms with E-state index in [1.54, 1.807) is 36.3 Å². The fourth-order valence-electron chi connectivity index (χ4n) is 5.07. The number of benzene rings is 2. The van der Waals surface area contributed by atoms with Crippen LogP contribution in [0.5, 0.6) is 0 Å². The van der Waals surface area contributed by atoms with E-state index in [2.05, 4.69) is 25.4 Å². The second-order valence-electron chi connectivity index (χ2n) is 10.5. The SMILES string of the molecule is Cc1cc([C@@H](C)Nc2ccc(Cl)nc2C(=O)NS(C)(=O)=O)c2nc(-c3ccc4nn(-c5ncccn5)cc4c3)n(C)c(=O)c2c1. The smallest absolute Gasteiger partial charge is 0.285 e. The number of nitrogens with zero attached hydrogens (tertiary/aromatic N) is 7. The molecule has 0 aliphatic heterocycles. The monoisotopic (exact) mass is 643 g/mol. The Bertz CT molecular complexity index is 2300. The first-order valence-corrected chi connectivity index (χ1v) is 15.9. The number of rotatable bonds is 7. The minimum absolute atomic E-state index is 0.0153. The normalized spacial score (nSPS) is 12.4. The number of aromatic nitrogens is 7. The molecule has 0 unspecified atom stereocenters. The highest BCUT2D eigenvalue weighted by molar-refractivity contribution is 7.89. The minimum atomic E-state index is -3.85. The summed E-state index contributed by atoms with van der Waals surface area (Å²) < 4.78 is 28.5. The van der Waals surface area contributed by atoms with Crippen molar-refractivity contribution in [3.8, 4) is 17.3 Å². The molecule has 0 aliphatic carbocycles. The predicted octanol–water partition coefficient (Wildman–Crippen LogP) is 3.95. The summed E-state index contributed by atoms with van der Waals surface area (Å²) in [6.45, 7) is 3.71. The van der Waals surface area contributed by atoms with Crippen molar-refractivity contribution in [2.45, 2.75) is 19.9 Å². The molecule has 228 valence electrons. The predicted molar refractivity (Wildman–Crippen MR) is 171 cm³/mol. The molecular weight excluding hydrogens is 618 g/mol. The molecule has 0 saturated carbocycles. The van der Waals surface area contributed by atoms with E-state index in [9.17, 15) is 18.0 Å². The lowest BCUT2D eigenvalue weighted by molar-refractivity contribution is 0.0977. The van der Waals surface area contributed by atoms with Crippen molar-refractivity contribution >= 4 is 55.0 Å². The number of carbonyl (C=O) groups excluding carboxylic acids is 1. The molecule has 0 aliphatic rings. The number of anilines is 1. The van der Waals surface area contributed by atoms with Crippen LogP contribution in [0.25, 0.3) is 39.1 Å². The molecule has 13 nitrogen and oxygen atoms in total. The van der Waals surface area contributed by atoms with Gasteiger partial charge in [0.15, 0.2) is 5.69 Å². The maximum Gasteiger partial charge on any atom is 0.285 e. The summed E-state index contributed by atoms with van der Waals surface area (Å²) in [5.74, 6) is -0.0618. The lowest BCUT2D eigenvalue weighted by Crippen LogP contribution is -2.31. The zero-order valence-electron chi connectivity index (χ0n) is 24.5. The van der Waals surface area contributed by atoms with Crippen LogP contribution in [0, 0.1) is 6.92 Å². The van der Waals surface area contributed by atoms with Crippen molar-refractivity contribution in [2.75, 3.05) is 11.6 Å². The molecular formula is C30H26ClN9O4S. The number of pyridine rings is 1. The molecule has 0 saturated heterocycles. The number of sulfonamides is 1. The van der Waals surface area contributed by atoms with Gasteiger partial charge in [-0.3, -0.25) is 14.2 Å². The molecule has 15 heteroatoms. The summed E-state index contributed by atoms with van der Waals surface area (Å²) in [7, 11) is -2.18. The van der Waals surface area contributed by atoms with E-state index in [4.69, 9.17) is 16.6 Å². The fraction of sp³-hybridized carbons (Fsp3) is 0.167. The quantitative estimate of drug-likeness (QED) is 0.243. The van der Waals surface area contributed by atoms with E-state index in [0.29, 0.717) is 33.8 Å². The summed E-state index contributed by atoms with van der Waals surface area (Å²) in [6.07, 6.45) is 5.96. The van der Waals surface area contributed by atoms with E-state index in [1.165, 1.54) is 16.7 Å². The Hall–Kier alpha value is -5.21. The number of hydrogen-bond acceptors (Lipinski definition) is 10. The third-order valence-electron chi connectivity index (χ3n) is 7.07. The van der Waals surface area contributed by atoms with Crippen molar-refractivity contribution in [1.82, 2.24) is 39.0 Å². The molecule has 2 N–H and O–H groups in total. The first-order valence-electron chi connectivity index (χ1n) is 13.6. The van der Waals surface area contributed by atoms with Gasteiger partial charge in [0.25, 0.3) is 11.5 Å². The van der Waals surface area contributed by atoms with E-state index in [-0.39, 0.29) is 22.1 Å². The van der Waals surface area contributed by atoms with Crippen molar-refractivity contribution in [3.05, 3.63) is 99.4 Å². The maximum atomic E-state index is 13.7. The van der Waals surface area contributed by atoms with Gasteiger partial charge in [-0.05, 0) is 61.9 Å². The second kappa shape index (κ2) is 11.4. The number of carbonyl (C=O) groups is 1. The van der Waals surface area contributed by atoms with Crippen LogP contribution in [0.2, 0.25) is 5.15 Å². The van der Waals surface area contributed by atoms with Crippen LogP contribution in [0.3, 0.4) is 0 Å². The summed E-state index contributed by atoms with van der Waals surface area (Å²) >= 11 is 6.03. The summed E-state index contributed by atoms with van der Waals surface area (Å²) in [5.41, 5.74) is 3.22. The molecule has 1 amide bonds. The maximum absolute atomic E-state index is 13.7. The Kier molecular flexibility index (Phi) is 7.54. The molecule has 4 aromatic heterocycles. The second-order valence-corrected chi connectivity index (χ2v) is 12.7. The Morgan fingerprint density at radius 3 is 2.53 bits per heavy atom. The van der Waals surface area contributed by atoms with Crippen LogP contribution in [0.1, 0.15) is 34.6 Å². The van der Waals surface area contributed by atoms with E-state index in [1.807, 2.05) is 49.0 Å². The van der Waals surface area contributed by atoms with E-state index >= 15 is 0 Å². The van der Waals surface area contributed by atoms with E-state index < -0.39 is 22.0 Å². The molecule has 1 atom stereocenters. The Labute approximate surface area is 262 Å². The first kappa shape index (κ1) is 29.8. The average Bonchev–Trinajstić information content (AvgIpc) is 3.43. The van der Waals surface area contributed by atoms with Crippen molar-refractivity contribution < 1.29 is 13.2 Å². The van der Waals surface area contributed by atoms with Crippen molar-refractivity contribution in [2.24, 2.45) is 7.05 Å². The van der Waals surface area contributed by atoms with Crippen molar-refractivity contribution in [1.29, 1.82) is 0 Å². The molecule has 0 fully saturated rings. The third kappa shape index (κ3) is 5.97. The van der Waals surface area contributed by atoms with Crippen LogP contribution in [0.15, 0.2) is 71.9 Å². The topological polar surface area (TPSA) is 167 Å². The highest BCUT2D eigenvalue weighted by Gasteiger charge is 2.22. The fourth-order valence-corrected chi connectivity index (χ4v) is 5.65. The summed E-state index contributed by atoms with van der Waals surface area (Å²) in [5, 5.41) is 9.03. The van der Waals surface area contributed by atoms with Gasteiger partial charge >= 0.3 is 0 Å². The van der Waals surface area contributed by atoms with E-state index in [0.717, 1.165) is 22.7 Å². The molecule has 0 spiro atoms. The number of nitrogens with one attached hydrogen (secondary N) is 2. The van der Waals surface area contributed by atoms with Crippen LogP contribution in [-0.4, -0.2) is 54.9 Å². The number of fused-ring (bicyclic) bond motifs is 2. The van der Waals surface area contributed by atoms with Gasteiger partial charge in [0.05, 0.1) is 34.4 Å². The van der Waals surface area contributed by atoms with Crippen LogP contribution in [-0.2, 0) is 17.1 Å². The molecule has 0 bridgehead atoms. The largest absolute Gasteiger partial charge is 0.377 e. The number of hydrogen-bond donors (Lipinski definition) is 2. The summed E-state index contributed by atoms with van der Waals surface area (Å²) in [6, 6.07) is 13.5. The number of aryl methyl sites for hydroxylation is 1. The summed E-state index contributed by atoms with van der Waals surface area (Å²) in [4.78, 5) is 44.0. The Morgan fingerprint density at radius 1 is 1.04 bits per heavy atom. The lowest BCUT2D eigenvalue weighted by Gasteiger charge is -2.20. The first-order chi connectivity index (χ1) is 21.4. The molecule has 4 heterocycles. The molecule has 45 heavy (non-hydrogen) atoms. The highest BCUT2D eigenvalue weighted by atomic mass is 35.5. The van der Waals surface area contributed by atoms with Gasteiger partial charge in [-0.15, -0.1) is 0 Å². The van der Waals surface area contributed by atoms with Crippen molar-refractivity contribution in [3.63, 3.8) is 0 Å². The molecule has 6 aromatic rings. The van der Waals surface area contributed by atoms with Gasteiger partial charge in [-0.2, -0.15) is 5.10 Å². The minimum Gasteiger partial charge on any atom is -0.377 e. The van der Waals surface area contributed by atoms with Gasteiger partial charge < -0.3 is 5.32 Å². The van der Waals surface area contributed by atoms with Gasteiger partial charge in [0.1, 0.15) is 11.0 Å². The highest BCUT2D eigenvalue weighted by Crippen LogP contribution is 2.30. The lowest BCUT2D eigenvalue weighted by atomic mass is 10.0. The standard InChI is InChI=1S/C30H26ClN9O4S/c1-16-12-20(17(2)34-23-8-9-24(31)35-26(23)28(41)38-45(4,43)44)25-21(13-16)29(42)39(3)27(36-25)18-6-7-22-19(14-18)15-40(37-22)30-32-10-5-11-33-30/h5-15,17,34H,1-4H3,(H,38,41)/t17-/m1/s1. The van der Waals surface area contributed by atoms with Gasteiger partial charge in [0, 0.05) is 42.2 Å². The van der Waals surface area contributed by atoms with Gasteiger partial charge in [0.2, 0.25) is 16.0 Å². The molecule has 0 radical (unpaired) electrons. The Balaban J connectivity index is 1.43. The van der Waals surface area contributed by atoms with Crippen LogP contribution >= 0.6 is 11.6 Å². The van der Waals surface area contributed by atoms with Gasteiger partial charge in [-0.25, -0.2) is 37.8 Å². The third-order valence-corrected chi connectivity index (χ3v) is 7.83. The molecule has 2 aromatic carbocycles. The zero-order valence-corrected chi connectivity index (χ0v) is 26.1. The average molecular weight is 644 g/mol. The number of halogens is 1.